The van der Waals surface area contributed by atoms with Gasteiger partial charge in [0.2, 0.25) is 10.9 Å². The monoisotopic (exact) mass is 291 g/mol. The van der Waals surface area contributed by atoms with E-state index in [4.69, 9.17) is 0 Å². The number of benzene rings is 1. The Morgan fingerprint density at radius 3 is 2.73 bits per heavy atom. The Bertz CT molecular complexity index is 396. The summed E-state index contributed by atoms with van der Waals surface area (Å²) >= 11 is 3.47. The Morgan fingerprint density at radius 1 is 1.40 bits per heavy atom. The minimum absolute atomic E-state index is 0.504. The van der Waals surface area contributed by atoms with E-state index in [-0.39, 0.29) is 0 Å². The van der Waals surface area contributed by atoms with E-state index in [9.17, 15) is 8.42 Å². The molecule has 15 heavy (non-hydrogen) atoms. The molecule has 0 saturated heterocycles. The molecule has 0 radical (unpaired) electrons. The molecule has 0 spiro atoms. The molecule has 0 heterocycles. The van der Waals surface area contributed by atoms with Crippen molar-refractivity contribution in [3.63, 3.8) is 0 Å². The standard InChI is InChI=1S/C10H14BrNO2S/c1-8-4-5-9(7-10(8)11)3-2-6-12-15(13)14/h4-5,7,15H,2-3,6H2,1H3,(H,12,13,14). The molecule has 1 aromatic rings. The van der Waals surface area contributed by atoms with Gasteiger partial charge in [-0.1, -0.05) is 28.1 Å². The molecule has 1 aromatic carbocycles. The number of nitrogens with one attached hydrogen (secondary N) is 1. The predicted octanol–water partition coefficient (Wildman–Crippen LogP) is 1.81. The van der Waals surface area contributed by atoms with E-state index in [0.717, 1.165) is 17.3 Å². The number of halogens is 1. The summed E-state index contributed by atoms with van der Waals surface area (Å²) in [4.78, 5) is 0. The topological polar surface area (TPSA) is 46.2 Å². The number of thiol groups is 1. The first-order valence-corrected chi connectivity index (χ1v) is 6.69. The molecule has 1 rings (SSSR count). The summed E-state index contributed by atoms with van der Waals surface area (Å²) in [5.74, 6) is 0. The second-order valence-corrected chi connectivity index (χ2v) is 5.04. The molecule has 1 N–H and O–H groups in total. The van der Waals surface area contributed by atoms with Gasteiger partial charge in [-0.3, -0.25) is 0 Å². The second kappa shape index (κ2) is 6.25. The van der Waals surface area contributed by atoms with Crippen LogP contribution in [0.5, 0.6) is 0 Å². The summed E-state index contributed by atoms with van der Waals surface area (Å²) in [5.41, 5.74) is 2.43. The highest BCUT2D eigenvalue weighted by atomic mass is 79.9. The van der Waals surface area contributed by atoms with Crippen molar-refractivity contribution in [2.75, 3.05) is 6.54 Å². The molecule has 0 fully saturated rings. The molecule has 0 amide bonds. The molecular weight excluding hydrogens is 278 g/mol. The SMILES string of the molecule is Cc1ccc(CCCN[SH](=O)=O)cc1Br. The predicted molar refractivity (Wildman–Crippen MR) is 65.5 cm³/mol. The summed E-state index contributed by atoms with van der Waals surface area (Å²) < 4.78 is 23.9. The first-order chi connectivity index (χ1) is 7.09. The van der Waals surface area contributed by atoms with E-state index in [0.29, 0.717) is 6.54 Å². The molecule has 0 aromatic heterocycles. The van der Waals surface area contributed by atoms with Crippen molar-refractivity contribution in [3.05, 3.63) is 33.8 Å². The van der Waals surface area contributed by atoms with Crippen molar-refractivity contribution in [2.24, 2.45) is 0 Å². The lowest BCUT2D eigenvalue weighted by Gasteiger charge is -2.03. The van der Waals surface area contributed by atoms with E-state index in [2.05, 4.69) is 38.9 Å². The summed E-state index contributed by atoms with van der Waals surface area (Å²) in [7, 11) is -2.45. The molecule has 0 atom stereocenters. The molecule has 0 saturated carbocycles. The van der Waals surface area contributed by atoms with Gasteiger partial charge in [0.15, 0.2) is 0 Å². The third-order valence-electron chi connectivity index (χ3n) is 2.12. The van der Waals surface area contributed by atoms with E-state index in [1.807, 2.05) is 6.92 Å². The summed E-state index contributed by atoms with van der Waals surface area (Å²) in [6, 6.07) is 6.20. The summed E-state index contributed by atoms with van der Waals surface area (Å²) in [6.45, 7) is 2.54. The van der Waals surface area contributed by atoms with E-state index in [1.165, 1.54) is 11.1 Å². The summed E-state index contributed by atoms with van der Waals surface area (Å²) in [5, 5.41) is 0. The van der Waals surface area contributed by atoms with Gasteiger partial charge in [0.25, 0.3) is 0 Å². The van der Waals surface area contributed by atoms with Crippen LogP contribution in [0.15, 0.2) is 22.7 Å². The Hall–Kier alpha value is -0.390. The highest BCUT2D eigenvalue weighted by Gasteiger charge is 1.97. The van der Waals surface area contributed by atoms with Crippen molar-refractivity contribution in [1.29, 1.82) is 0 Å². The van der Waals surface area contributed by atoms with Gasteiger partial charge in [0.05, 0.1) is 0 Å². The molecule has 0 aliphatic rings. The fourth-order valence-electron chi connectivity index (χ4n) is 1.25. The first kappa shape index (κ1) is 12.7. The van der Waals surface area contributed by atoms with Crippen LogP contribution in [0.3, 0.4) is 0 Å². The van der Waals surface area contributed by atoms with E-state index in [1.54, 1.807) is 0 Å². The van der Waals surface area contributed by atoms with E-state index >= 15 is 0 Å². The van der Waals surface area contributed by atoms with Crippen molar-refractivity contribution in [2.45, 2.75) is 19.8 Å². The first-order valence-electron chi connectivity index (χ1n) is 4.72. The van der Waals surface area contributed by atoms with Crippen LogP contribution >= 0.6 is 15.9 Å². The number of hydrogen-bond donors (Lipinski definition) is 2. The average Bonchev–Trinajstić information content (AvgIpc) is 2.18. The number of hydrogen-bond acceptors (Lipinski definition) is 2. The van der Waals surface area contributed by atoms with Crippen LogP contribution in [0.1, 0.15) is 17.5 Å². The lowest BCUT2D eigenvalue weighted by Crippen LogP contribution is -2.13. The summed E-state index contributed by atoms with van der Waals surface area (Å²) in [6.07, 6.45) is 1.70. The quantitative estimate of drug-likeness (QED) is 0.642. The maximum atomic E-state index is 10.2. The van der Waals surface area contributed by atoms with Gasteiger partial charge in [0.1, 0.15) is 0 Å². The fraction of sp³-hybridized carbons (Fsp3) is 0.400. The fourth-order valence-corrected chi connectivity index (χ4v) is 2.02. The smallest absolute Gasteiger partial charge is 0.201 e. The maximum Gasteiger partial charge on any atom is 0.201 e. The Labute approximate surface area is 100 Å². The van der Waals surface area contributed by atoms with Crippen molar-refractivity contribution in [3.8, 4) is 0 Å². The third-order valence-corrected chi connectivity index (χ3v) is 3.46. The molecule has 5 heteroatoms. The molecule has 84 valence electrons. The van der Waals surface area contributed by atoms with Gasteiger partial charge >= 0.3 is 0 Å². The highest BCUT2D eigenvalue weighted by molar-refractivity contribution is 9.10. The molecule has 0 unspecified atom stereocenters. The second-order valence-electron chi connectivity index (χ2n) is 3.35. The van der Waals surface area contributed by atoms with Crippen LogP contribution in [0, 0.1) is 6.92 Å². The Morgan fingerprint density at radius 2 is 2.13 bits per heavy atom. The zero-order chi connectivity index (χ0) is 11.3. The van der Waals surface area contributed by atoms with Gasteiger partial charge in [0, 0.05) is 11.0 Å². The molecule has 0 bridgehead atoms. The normalized spacial score (nSPS) is 10.9. The van der Waals surface area contributed by atoms with Crippen molar-refractivity contribution in [1.82, 2.24) is 4.72 Å². The number of aryl methyl sites for hydroxylation is 2. The molecule has 0 aliphatic carbocycles. The van der Waals surface area contributed by atoms with Crippen LogP contribution in [0.4, 0.5) is 0 Å². The number of rotatable bonds is 5. The molecule has 0 aliphatic heterocycles. The minimum Gasteiger partial charge on any atom is -0.218 e. The molecule has 3 nitrogen and oxygen atoms in total. The zero-order valence-corrected chi connectivity index (χ0v) is 11.0. The largest absolute Gasteiger partial charge is 0.218 e. The molecular formula is C10H14BrNO2S. The van der Waals surface area contributed by atoms with E-state index < -0.39 is 10.9 Å². The highest BCUT2D eigenvalue weighted by Crippen LogP contribution is 2.18. The lowest BCUT2D eigenvalue weighted by molar-refractivity contribution is 0.599. The van der Waals surface area contributed by atoms with Crippen LogP contribution in [0.25, 0.3) is 0 Å². The van der Waals surface area contributed by atoms with Crippen LogP contribution in [-0.4, -0.2) is 15.0 Å². The van der Waals surface area contributed by atoms with Gasteiger partial charge in [-0.25, -0.2) is 13.1 Å². The van der Waals surface area contributed by atoms with Gasteiger partial charge in [-0.2, -0.15) is 0 Å². The van der Waals surface area contributed by atoms with Crippen LogP contribution in [-0.2, 0) is 17.3 Å². The van der Waals surface area contributed by atoms with Crippen LogP contribution < -0.4 is 4.72 Å². The Kier molecular flexibility index (Phi) is 5.28. The lowest BCUT2D eigenvalue weighted by atomic mass is 10.1. The minimum atomic E-state index is -2.45. The van der Waals surface area contributed by atoms with Gasteiger partial charge in [-0.05, 0) is 37.0 Å². The van der Waals surface area contributed by atoms with Crippen molar-refractivity contribution >= 4 is 26.8 Å². The van der Waals surface area contributed by atoms with Gasteiger partial charge < -0.3 is 0 Å². The Balaban J connectivity index is 2.41. The maximum absolute atomic E-state index is 10.2. The third kappa shape index (κ3) is 4.77. The average molecular weight is 292 g/mol. The van der Waals surface area contributed by atoms with Crippen molar-refractivity contribution < 1.29 is 8.42 Å². The zero-order valence-electron chi connectivity index (χ0n) is 8.50. The van der Waals surface area contributed by atoms with Gasteiger partial charge in [-0.15, -0.1) is 0 Å². The van der Waals surface area contributed by atoms with Crippen LogP contribution in [0.2, 0.25) is 0 Å².